The lowest BCUT2D eigenvalue weighted by atomic mass is 9.75. The van der Waals surface area contributed by atoms with E-state index in [9.17, 15) is 0 Å². The van der Waals surface area contributed by atoms with Crippen molar-refractivity contribution in [2.45, 2.75) is 38.0 Å². The van der Waals surface area contributed by atoms with Gasteiger partial charge in [-0.15, -0.1) is 11.6 Å². The molecule has 98 valence electrons. The smallest absolute Gasteiger partial charge is 0.147 e. The van der Waals surface area contributed by atoms with Gasteiger partial charge in [0.15, 0.2) is 0 Å². The summed E-state index contributed by atoms with van der Waals surface area (Å²) >= 11 is 5.74. The highest BCUT2D eigenvalue weighted by Gasteiger charge is 2.31. The zero-order valence-electron chi connectivity index (χ0n) is 10.7. The molecule has 18 heavy (non-hydrogen) atoms. The minimum absolute atomic E-state index is 0.442. The van der Waals surface area contributed by atoms with Gasteiger partial charge in [-0.1, -0.05) is 19.3 Å². The number of hydrogen-bond donors (Lipinski definition) is 0. The number of rotatable bonds is 2. The largest absolute Gasteiger partial charge is 0.355 e. The van der Waals surface area contributed by atoms with Gasteiger partial charge in [-0.05, 0) is 24.7 Å². The lowest BCUT2D eigenvalue weighted by molar-refractivity contribution is 0.202. The van der Waals surface area contributed by atoms with Crippen LogP contribution < -0.4 is 4.90 Å². The fourth-order valence-electron chi connectivity index (χ4n) is 3.39. The number of anilines is 1. The van der Waals surface area contributed by atoms with Crippen molar-refractivity contribution in [2.75, 3.05) is 18.0 Å². The van der Waals surface area contributed by atoms with Crippen LogP contribution in [0.15, 0.2) is 12.4 Å². The van der Waals surface area contributed by atoms with Gasteiger partial charge in [0.2, 0.25) is 0 Å². The van der Waals surface area contributed by atoms with E-state index in [1.807, 2.05) is 6.20 Å². The molecule has 2 fully saturated rings. The minimum Gasteiger partial charge on any atom is -0.355 e. The van der Waals surface area contributed by atoms with Crippen molar-refractivity contribution in [3.63, 3.8) is 0 Å². The maximum Gasteiger partial charge on any atom is 0.147 e. The van der Waals surface area contributed by atoms with E-state index in [2.05, 4.69) is 14.9 Å². The molecule has 2 aliphatic rings. The molecule has 2 heterocycles. The molecule has 0 amide bonds. The highest BCUT2D eigenvalue weighted by molar-refractivity contribution is 6.16. The second kappa shape index (κ2) is 5.43. The fraction of sp³-hybridized carbons (Fsp3) is 0.714. The topological polar surface area (TPSA) is 29.0 Å². The third-order valence-electron chi connectivity index (χ3n) is 4.44. The quantitative estimate of drug-likeness (QED) is 0.769. The van der Waals surface area contributed by atoms with Crippen LogP contribution in [0.3, 0.4) is 0 Å². The highest BCUT2D eigenvalue weighted by atomic mass is 35.5. The summed E-state index contributed by atoms with van der Waals surface area (Å²) in [6, 6.07) is 0. The van der Waals surface area contributed by atoms with Crippen LogP contribution in [0, 0.1) is 11.8 Å². The Hall–Kier alpha value is -0.830. The molecule has 1 saturated heterocycles. The molecule has 1 aliphatic carbocycles. The van der Waals surface area contributed by atoms with Gasteiger partial charge in [0.1, 0.15) is 5.82 Å². The molecule has 1 aromatic heterocycles. The third kappa shape index (κ3) is 2.46. The molecule has 1 aromatic rings. The van der Waals surface area contributed by atoms with Gasteiger partial charge in [0.25, 0.3) is 0 Å². The van der Waals surface area contributed by atoms with Crippen molar-refractivity contribution in [3.05, 3.63) is 18.1 Å². The molecule has 0 bridgehead atoms. The Morgan fingerprint density at radius 3 is 2.67 bits per heavy atom. The van der Waals surface area contributed by atoms with Gasteiger partial charge in [-0.3, -0.25) is 4.98 Å². The lowest BCUT2D eigenvalue weighted by Crippen LogP contribution is -2.42. The van der Waals surface area contributed by atoms with Crippen LogP contribution in [0.5, 0.6) is 0 Å². The predicted octanol–water partition coefficient (Wildman–Crippen LogP) is 3.23. The molecule has 4 heteroatoms. The Labute approximate surface area is 114 Å². The van der Waals surface area contributed by atoms with Gasteiger partial charge in [-0.25, -0.2) is 4.98 Å². The van der Waals surface area contributed by atoms with Crippen LogP contribution in [0.25, 0.3) is 0 Å². The van der Waals surface area contributed by atoms with E-state index >= 15 is 0 Å². The first-order chi connectivity index (χ1) is 8.86. The van der Waals surface area contributed by atoms with Gasteiger partial charge in [0.05, 0.1) is 24.0 Å². The summed E-state index contributed by atoms with van der Waals surface area (Å²) in [7, 11) is 0. The Morgan fingerprint density at radius 1 is 1.11 bits per heavy atom. The summed E-state index contributed by atoms with van der Waals surface area (Å²) in [4.78, 5) is 11.2. The van der Waals surface area contributed by atoms with Crippen molar-refractivity contribution >= 4 is 17.4 Å². The van der Waals surface area contributed by atoms with E-state index < -0.39 is 0 Å². The van der Waals surface area contributed by atoms with Gasteiger partial charge in [0, 0.05) is 13.1 Å². The first-order valence-corrected chi connectivity index (χ1v) is 7.52. The van der Waals surface area contributed by atoms with Gasteiger partial charge < -0.3 is 4.90 Å². The first kappa shape index (κ1) is 12.2. The number of alkyl halides is 1. The molecule has 0 spiro atoms. The van der Waals surface area contributed by atoms with E-state index in [4.69, 9.17) is 11.6 Å². The average molecular weight is 266 g/mol. The molecule has 0 radical (unpaired) electrons. The van der Waals surface area contributed by atoms with Gasteiger partial charge >= 0.3 is 0 Å². The van der Waals surface area contributed by atoms with E-state index in [0.29, 0.717) is 5.88 Å². The second-order valence-corrected chi connectivity index (χ2v) is 5.81. The molecular formula is C14H20ClN3. The number of fused-ring (bicyclic) bond motifs is 1. The third-order valence-corrected chi connectivity index (χ3v) is 4.72. The van der Waals surface area contributed by atoms with Crippen molar-refractivity contribution < 1.29 is 0 Å². The van der Waals surface area contributed by atoms with Crippen LogP contribution in [-0.4, -0.2) is 23.1 Å². The van der Waals surface area contributed by atoms with Crippen molar-refractivity contribution in [1.82, 2.24) is 9.97 Å². The van der Waals surface area contributed by atoms with Crippen molar-refractivity contribution in [3.8, 4) is 0 Å². The zero-order valence-corrected chi connectivity index (χ0v) is 11.4. The number of piperidine rings is 1. The Bertz CT molecular complexity index is 393. The van der Waals surface area contributed by atoms with Crippen molar-refractivity contribution in [2.24, 2.45) is 11.8 Å². The summed E-state index contributed by atoms with van der Waals surface area (Å²) < 4.78 is 0. The summed E-state index contributed by atoms with van der Waals surface area (Å²) in [5.41, 5.74) is 0.855. The number of aromatic nitrogens is 2. The van der Waals surface area contributed by atoms with E-state index in [-0.39, 0.29) is 0 Å². The standard InChI is InChI=1S/C14H20ClN3/c15-7-13-8-17-14(9-16-13)18-6-5-11-3-1-2-4-12(11)10-18/h8-9,11-12H,1-7,10H2. The van der Waals surface area contributed by atoms with E-state index in [1.54, 1.807) is 6.20 Å². The Kier molecular flexibility index (Phi) is 3.69. The fourth-order valence-corrected chi connectivity index (χ4v) is 3.53. The van der Waals surface area contributed by atoms with Crippen LogP contribution in [0.4, 0.5) is 5.82 Å². The number of nitrogens with zero attached hydrogens (tertiary/aromatic N) is 3. The maximum atomic E-state index is 5.74. The molecule has 0 aromatic carbocycles. The summed E-state index contributed by atoms with van der Waals surface area (Å²) in [6.07, 6.45) is 10.7. The summed E-state index contributed by atoms with van der Waals surface area (Å²) in [5, 5.41) is 0. The first-order valence-electron chi connectivity index (χ1n) is 6.98. The van der Waals surface area contributed by atoms with E-state index in [0.717, 1.165) is 29.9 Å². The molecule has 2 unspecified atom stereocenters. The molecule has 3 nitrogen and oxygen atoms in total. The summed E-state index contributed by atoms with van der Waals surface area (Å²) in [6.45, 7) is 2.30. The lowest BCUT2D eigenvalue weighted by Gasteiger charge is -2.41. The maximum absolute atomic E-state index is 5.74. The van der Waals surface area contributed by atoms with Crippen LogP contribution in [0.1, 0.15) is 37.8 Å². The van der Waals surface area contributed by atoms with Crippen molar-refractivity contribution in [1.29, 1.82) is 0 Å². The number of hydrogen-bond acceptors (Lipinski definition) is 3. The molecule has 3 rings (SSSR count). The molecule has 0 N–H and O–H groups in total. The molecular weight excluding hydrogens is 246 g/mol. The number of halogens is 1. The minimum atomic E-state index is 0.442. The molecule has 1 aliphatic heterocycles. The second-order valence-electron chi connectivity index (χ2n) is 5.54. The van der Waals surface area contributed by atoms with E-state index in [1.165, 1.54) is 38.6 Å². The SMILES string of the molecule is ClCc1cnc(N2CCC3CCCCC3C2)cn1. The Morgan fingerprint density at radius 2 is 1.94 bits per heavy atom. The summed E-state index contributed by atoms with van der Waals surface area (Å²) in [5.74, 6) is 3.30. The van der Waals surface area contributed by atoms with Crippen LogP contribution in [-0.2, 0) is 5.88 Å². The monoisotopic (exact) mass is 265 g/mol. The van der Waals surface area contributed by atoms with Crippen LogP contribution >= 0.6 is 11.6 Å². The predicted molar refractivity (Wildman–Crippen MR) is 73.9 cm³/mol. The molecule has 2 atom stereocenters. The van der Waals surface area contributed by atoms with Gasteiger partial charge in [-0.2, -0.15) is 0 Å². The average Bonchev–Trinajstić information content (AvgIpc) is 2.47. The van der Waals surface area contributed by atoms with Crippen LogP contribution in [0.2, 0.25) is 0 Å². The highest BCUT2D eigenvalue weighted by Crippen LogP contribution is 2.36. The normalized spacial score (nSPS) is 27.9. The Balaban J connectivity index is 1.69. The zero-order chi connectivity index (χ0) is 12.4. The molecule has 1 saturated carbocycles.